The highest BCUT2D eigenvalue weighted by Gasteiger charge is 2.18. The Morgan fingerprint density at radius 2 is 2.18 bits per heavy atom. The maximum Gasteiger partial charge on any atom is 0.237 e. The number of carbonyl (C=O) groups excluding carboxylic acids is 1. The first-order valence-electron chi connectivity index (χ1n) is 6.49. The molecular weight excluding hydrogens is 363 g/mol. The lowest BCUT2D eigenvalue weighted by Gasteiger charge is -2.11. The van der Waals surface area contributed by atoms with Gasteiger partial charge in [-0.3, -0.25) is 4.79 Å². The Labute approximate surface area is 146 Å². The van der Waals surface area contributed by atoms with Gasteiger partial charge in [-0.05, 0) is 32.0 Å². The maximum absolute atomic E-state index is 12.2. The summed E-state index contributed by atoms with van der Waals surface area (Å²) in [5.41, 5.74) is 0.536. The number of anilines is 2. The first-order chi connectivity index (χ1) is 10.5. The van der Waals surface area contributed by atoms with E-state index in [4.69, 9.17) is 23.2 Å². The largest absolute Gasteiger partial charge is 0.360 e. The monoisotopic (exact) mass is 376 g/mol. The summed E-state index contributed by atoms with van der Waals surface area (Å²) in [6, 6.07) is 4.94. The highest BCUT2D eigenvalue weighted by atomic mass is 35.5. The van der Waals surface area contributed by atoms with E-state index in [-0.39, 0.29) is 11.2 Å². The van der Waals surface area contributed by atoms with Gasteiger partial charge in [-0.25, -0.2) is 0 Å². The Balaban J connectivity index is 1.96. The third kappa shape index (κ3) is 4.74. The Kier molecular flexibility index (Phi) is 6.31. The van der Waals surface area contributed by atoms with Crippen molar-refractivity contribution < 1.29 is 4.79 Å². The van der Waals surface area contributed by atoms with Crippen LogP contribution in [0.5, 0.6) is 0 Å². The van der Waals surface area contributed by atoms with Gasteiger partial charge in [-0.1, -0.05) is 46.3 Å². The molecule has 1 amide bonds. The standard InChI is InChI=1S/C13H14Cl2N4OS2/c1-3-16-12-18-19-13(22-12)21-7(2)11(20)17-10-5-4-8(14)6-9(10)15/h4-7H,3H2,1-2H3,(H,16,18)(H,17,20). The molecular formula is C13H14Cl2N4OS2. The number of halogens is 2. The molecule has 118 valence electrons. The number of aromatic nitrogens is 2. The normalized spacial score (nSPS) is 12.0. The lowest BCUT2D eigenvalue weighted by atomic mass is 10.3. The van der Waals surface area contributed by atoms with Gasteiger partial charge in [0.05, 0.1) is 16.0 Å². The molecule has 0 aliphatic heterocycles. The number of benzene rings is 1. The second-order valence-corrected chi connectivity index (χ2v) is 7.69. The molecule has 0 aliphatic carbocycles. The van der Waals surface area contributed by atoms with E-state index in [2.05, 4.69) is 20.8 Å². The van der Waals surface area contributed by atoms with Gasteiger partial charge in [0.15, 0.2) is 4.34 Å². The third-order valence-electron chi connectivity index (χ3n) is 2.57. The fourth-order valence-corrected chi connectivity index (χ4v) is 3.93. The van der Waals surface area contributed by atoms with E-state index >= 15 is 0 Å². The summed E-state index contributed by atoms with van der Waals surface area (Å²) in [7, 11) is 0. The van der Waals surface area contributed by atoms with Crippen molar-refractivity contribution in [3.63, 3.8) is 0 Å². The van der Waals surface area contributed by atoms with Gasteiger partial charge in [0, 0.05) is 11.6 Å². The number of nitrogens with one attached hydrogen (secondary N) is 2. The van der Waals surface area contributed by atoms with E-state index in [0.717, 1.165) is 16.0 Å². The molecule has 2 N–H and O–H groups in total. The SMILES string of the molecule is CCNc1nnc(SC(C)C(=O)Nc2ccc(Cl)cc2Cl)s1. The van der Waals surface area contributed by atoms with Crippen LogP contribution in [-0.4, -0.2) is 27.9 Å². The highest BCUT2D eigenvalue weighted by Crippen LogP contribution is 2.30. The molecule has 0 bridgehead atoms. The summed E-state index contributed by atoms with van der Waals surface area (Å²) < 4.78 is 0.737. The zero-order valence-electron chi connectivity index (χ0n) is 11.9. The van der Waals surface area contributed by atoms with Crippen molar-refractivity contribution in [3.8, 4) is 0 Å². The Bertz CT molecular complexity index is 665. The van der Waals surface area contributed by atoms with Gasteiger partial charge in [0.1, 0.15) is 0 Å². The van der Waals surface area contributed by atoms with E-state index < -0.39 is 0 Å². The number of carbonyl (C=O) groups is 1. The second kappa shape index (κ2) is 8.01. The zero-order valence-corrected chi connectivity index (χ0v) is 15.0. The molecule has 1 heterocycles. The van der Waals surface area contributed by atoms with Crippen LogP contribution in [0.1, 0.15) is 13.8 Å². The molecule has 0 fully saturated rings. The fourth-order valence-electron chi connectivity index (χ4n) is 1.51. The smallest absolute Gasteiger partial charge is 0.237 e. The first kappa shape index (κ1) is 17.3. The first-order valence-corrected chi connectivity index (χ1v) is 8.94. The average molecular weight is 377 g/mol. The van der Waals surface area contributed by atoms with Gasteiger partial charge in [-0.2, -0.15) is 0 Å². The van der Waals surface area contributed by atoms with Crippen LogP contribution < -0.4 is 10.6 Å². The van der Waals surface area contributed by atoms with Gasteiger partial charge >= 0.3 is 0 Å². The Morgan fingerprint density at radius 3 is 2.86 bits per heavy atom. The summed E-state index contributed by atoms with van der Waals surface area (Å²) in [6.45, 7) is 4.57. The molecule has 1 unspecified atom stereocenters. The van der Waals surface area contributed by atoms with Crippen molar-refractivity contribution in [3.05, 3.63) is 28.2 Å². The van der Waals surface area contributed by atoms with Crippen molar-refractivity contribution in [1.82, 2.24) is 10.2 Å². The number of nitrogens with zero attached hydrogens (tertiary/aromatic N) is 2. The van der Waals surface area contributed by atoms with Crippen LogP contribution in [0.4, 0.5) is 10.8 Å². The van der Waals surface area contributed by atoms with Crippen LogP contribution in [0.15, 0.2) is 22.5 Å². The number of hydrogen-bond donors (Lipinski definition) is 2. The summed E-state index contributed by atoms with van der Waals surface area (Å²) in [5.74, 6) is -0.158. The van der Waals surface area contributed by atoms with Gasteiger partial charge in [0.25, 0.3) is 0 Å². The molecule has 9 heteroatoms. The molecule has 0 saturated heterocycles. The molecule has 1 aromatic carbocycles. The van der Waals surface area contributed by atoms with Crippen molar-refractivity contribution >= 4 is 63.0 Å². The van der Waals surface area contributed by atoms with Crippen LogP contribution in [-0.2, 0) is 4.79 Å². The van der Waals surface area contributed by atoms with Gasteiger partial charge in [-0.15, -0.1) is 10.2 Å². The Morgan fingerprint density at radius 1 is 1.41 bits per heavy atom. The van der Waals surface area contributed by atoms with Gasteiger partial charge in [0.2, 0.25) is 11.0 Å². The minimum absolute atomic E-state index is 0.158. The summed E-state index contributed by atoms with van der Waals surface area (Å²) in [4.78, 5) is 12.2. The molecule has 0 radical (unpaired) electrons. The molecule has 0 spiro atoms. The molecule has 2 aromatic rings. The predicted molar refractivity (Wildman–Crippen MR) is 94.5 cm³/mol. The average Bonchev–Trinajstić information content (AvgIpc) is 2.89. The molecule has 1 aromatic heterocycles. The van der Waals surface area contributed by atoms with E-state index in [0.29, 0.717) is 15.7 Å². The van der Waals surface area contributed by atoms with Crippen LogP contribution >= 0.6 is 46.3 Å². The van der Waals surface area contributed by atoms with Crippen molar-refractivity contribution in [1.29, 1.82) is 0 Å². The quantitative estimate of drug-likeness (QED) is 0.731. The van der Waals surface area contributed by atoms with E-state index in [1.54, 1.807) is 25.1 Å². The summed E-state index contributed by atoms with van der Waals surface area (Å²) in [5, 5.41) is 15.3. The number of thioether (sulfide) groups is 1. The molecule has 22 heavy (non-hydrogen) atoms. The van der Waals surface area contributed by atoms with Crippen LogP contribution in [0, 0.1) is 0 Å². The van der Waals surface area contributed by atoms with Crippen molar-refractivity contribution in [2.75, 3.05) is 17.2 Å². The molecule has 5 nitrogen and oxygen atoms in total. The molecule has 0 aliphatic rings. The zero-order chi connectivity index (χ0) is 16.1. The summed E-state index contributed by atoms with van der Waals surface area (Å²) in [6.07, 6.45) is 0. The number of hydrogen-bond acceptors (Lipinski definition) is 6. The van der Waals surface area contributed by atoms with E-state index in [1.165, 1.54) is 23.1 Å². The second-order valence-electron chi connectivity index (χ2n) is 4.28. The predicted octanol–water partition coefficient (Wildman–Crippen LogP) is 4.40. The lowest BCUT2D eigenvalue weighted by Crippen LogP contribution is -2.22. The molecule has 2 rings (SSSR count). The molecule has 0 saturated carbocycles. The lowest BCUT2D eigenvalue weighted by molar-refractivity contribution is -0.115. The third-order valence-corrected chi connectivity index (χ3v) is 5.18. The minimum atomic E-state index is -0.325. The van der Waals surface area contributed by atoms with Crippen LogP contribution in [0.2, 0.25) is 10.0 Å². The minimum Gasteiger partial charge on any atom is -0.360 e. The fraction of sp³-hybridized carbons (Fsp3) is 0.308. The van der Waals surface area contributed by atoms with Gasteiger partial charge < -0.3 is 10.6 Å². The van der Waals surface area contributed by atoms with Crippen molar-refractivity contribution in [2.45, 2.75) is 23.4 Å². The maximum atomic E-state index is 12.2. The Hall–Kier alpha value is -1.02. The van der Waals surface area contributed by atoms with Crippen LogP contribution in [0.3, 0.4) is 0 Å². The molecule has 1 atom stereocenters. The number of rotatable bonds is 6. The highest BCUT2D eigenvalue weighted by molar-refractivity contribution is 8.02. The van der Waals surface area contributed by atoms with Crippen LogP contribution in [0.25, 0.3) is 0 Å². The van der Waals surface area contributed by atoms with Crippen molar-refractivity contribution in [2.24, 2.45) is 0 Å². The van der Waals surface area contributed by atoms with E-state index in [1.807, 2.05) is 6.92 Å². The summed E-state index contributed by atoms with van der Waals surface area (Å²) >= 11 is 14.6. The van der Waals surface area contributed by atoms with E-state index in [9.17, 15) is 4.79 Å². The number of amides is 1. The topological polar surface area (TPSA) is 66.9 Å².